The summed E-state index contributed by atoms with van der Waals surface area (Å²) in [5.74, 6) is 0.848. The van der Waals surface area contributed by atoms with Gasteiger partial charge in [-0.15, -0.1) is 10.2 Å². The molecule has 1 rings (SSSR count). The van der Waals surface area contributed by atoms with E-state index in [1.165, 1.54) is 0 Å². The highest BCUT2D eigenvalue weighted by Gasteiger charge is 2.16. The summed E-state index contributed by atoms with van der Waals surface area (Å²) in [7, 11) is 0. The molecule has 6 nitrogen and oxygen atoms in total. The average molecular weight is 197 g/mol. The molecule has 0 aliphatic rings. The number of aromatic nitrogens is 4. The van der Waals surface area contributed by atoms with Gasteiger partial charge in [0.15, 0.2) is 5.82 Å². The van der Waals surface area contributed by atoms with Gasteiger partial charge in [0.1, 0.15) is 0 Å². The van der Waals surface area contributed by atoms with Crippen LogP contribution in [0.25, 0.3) is 0 Å². The van der Waals surface area contributed by atoms with Gasteiger partial charge < -0.3 is 5.32 Å². The zero-order valence-corrected chi connectivity index (χ0v) is 8.61. The molecule has 1 atom stereocenters. The number of carbonyl (C=O) groups is 1. The Bertz CT molecular complexity index is 282. The van der Waals surface area contributed by atoms with Gasteiger partial charge in [-0.1, -0.05) is 26.0 Å². The first-order valence-electron chi connectivity index (χ1n) is 4.61. The SMILES string of the molecule is CC(C)C(C)C(=O)NCc1nn[nH]n1. The third-order valence-electron chi connectivity index (χ3n) is 2.22. The minimum Gasteiger partial charge on any atom is -0.348 e. The van der Waals surface area contributed by atoms with Gasteiger partial charge >= 0.3 is 0 Å². The third-order valence-corrected chi connectivity index (χ3v) is 2.22. The smallest absolute Gasteiger partial charge is 0.223 e. The number of nitrogens with one attached hydrogen (secondary N) is 2. The average Bonchev–Trinajstić information content (AvgIpc) is 2.65. The molecular weight excluding hydrogens is 182 g/mol. The van der Waals surface area contributed by atoms with Crippen LogP contribution in [0.4, 0.5) is 0 Å². The molecular formula is C8H15N5O. The maximum atomic E-state index is 11.5. The van der Waals surface area contributed by atoms with E-state index >= 15 is 0 Å². The first-order chi connectivity index (χ1) is 6.61. The molecule has 1 aromatic heterocycles. The fourth-order valence-electron chi connectivity index (χ4n) is 0.887. The second kappa shape index (κ2) is 4.69. The Hall–Kier alpha value is -1.46. The van der Waals surface area contributed by atoms with E-state index in [9.17, 15) is 4.79 Å². The van der Waals surface area contributed by atoms with Crippen molar-refractivity contribution in [1.29, 1.82) is 0 Å². The molecule has 0 saturated heterocycles. The van der Waals surface area contributed by atoms with Gasteiger partial charge in [0.05, 0.1) is 6.54 Å². The largest absolute Gasteiger partial charge is 0.348 e. The first kappa shape index (κ1) is 10.6. The molecule has 1 heterocycles. The molecule has 0 aromatic carbocycles. The molecule has 1 amide bonds. The van der Waals surface area contributed by atoms with Crippen molar-refractivity contribution in [3.8, 4) is 0 Å². The molecule has 0 spiro atoms. The lowest BCUT2D eigenvalue weighted by atomic mass is 9.97. The van der Waals surface area contributed by atoms with E-state index in [2.05, 4.69) is 25.9 Å². The highest BCUT2D eigenvalue weighted by Crippen LogP contribution is 2.09. The molecule has 14 heavy (non-hydrogen) atoms. The Balaban J connectivity index is 2.35. The Morgan fingerprint density at radius 3 is 2.71 bits per heavy atom. The molecule has 0 fully saturated rings. The van der Waals surface area contributed by atoms with Crippen molar-refractivity contribution in [2.45, 2.75) is 27.3 Å². The van der Waals surface area contributed by atoms with Gasteiger partial charge in [0, 0.05) is 5.92 Å². The van der Waals surface area contributed by atoms with Gasteiger partial charge in [0.2, 0.25) is 5.91 Å². The number of tetrazole rings is 1. The molecule has 0 bridgehead atoms. The standard InChI is InChI=1S/C8H15N5O/c1-5(2)6(3)8(14)9-4-7-10-12-13-11-7/h5-6H,4H2,1-3H3,(H,9,14)(H,10,11,12,13). The Morgan fingerprint density at radius 1 is 1.50 bits per heavy atom. The summed E-state index contributed by atoms with van der Waals surface area (Å²) in [6, 6.07) is 0. The zero-order valence-electron chi connectivity index (χ0n) is 8.61. The van der Waals surface area contributed by atoms with Crippen molar-refractivity contribution in [2.24, 2.45) is 11.8 Å². The highest BCUT2D eigenvalue weighted by molar-refractivity contribution is 5.78. The van der Waals surface area contributed by atoms with Crippen LogP contribution in [0.3, 0.4) is 0 Å². The first-order valence-corrected chi connectivity index (χ1v) is 4.61. The number of hydrogen-bond acceptors (Lipinski definition) is 4. The van der Waals surface area contributed by atoms with Gasteiger partial charge in [-0.3, -0.25) is 4.79 Å². The van der Waals surface area contributed by atoms with E-state index in [0.29, 0.717) is 18.3 Å². The number of aromatic amines is 1. The minimum absolute atomic E-state index is 0.00176. The fraction of sp³-hybridized carbons (Fsp3) is 0.750. The monoisotopic (exact) mass is 197 g/mol. The number of nitrogens with zero attached hydrogens (tertiary/aromatic N) is 3. The van der Waals surface area contributed by atoms with Crippen molar-refractivity contribution < 1.29 is 4.79 Å². The Morgan fingerprint density at radius 2 is 2.21 bits per heavy atom. The molecule has 78 valence electrons. The maximum absolute atomic E-state index is 11.5. The predicted octanol–water partition coefficient (Wildman–Crippen LogP) is 0.108. The second-order valence-electron chi connectivity index (χ2n) is 3.58. The third kappa shape index (κ3) is 2.79. The fourth-order valence-corrected chi connectivity index (χ4v) is 0.887. The van der Waals surface area contributed by atoms with Crippen LogP contribution >= 0.6 is 0 Å². The minimum atomic E-state index is 0.00176. The molecule has 1 aromatic rings. The summed E-state index contributed by atoms with van der Waals surface area (Å²) < 4.78 is 0. The molecule has 2 N–H and O–H groups in total. The van der Waals surface area contributed by atoms with Crippen LogP contribution in [-0.4, -0.2) is 26.5 Å². The van der Waals surface area contributed by atoms with Crippen molar-refractivity contribution in [2.75, 3.05) is 0 Å². The summed E-state index contributed by atoms with van der Waals surface area (Å²) in [6.07, 6.45) is 0. The van der Waals surface area contributed by atoms with Crippen LogP contribution in [-0.2, 0) is 11.3 Å². The molecule has 0 saturated carbocycles. The lowest BCUT2D eigenvalue weighted by Crippen LogP contribution is -2.31. The maximum Gasteiger partial charge on any atom is 0.223 e. The number of amides is 1. The van der Waals surface area contributed by atoms with Gasteiger partial charge in [0.25, 0.3) is 0 Å². The molecule has 0 aliphatic heterocycles. The molecule has 6 heteroatoms. The van der Waals surface area contributed by atoms with E-state index in [4.69, 9.17) is 0 Å². The molecule has 0 aliphatic carbocycles. The predicted molar refractivity (Wildman–Crippen MR) is 50.0 cm³/mol. The normalized spacial score (nSPS) is 12.9. The second-order valence-corrected chi connectivity index (χ2v) is 3.58. The lowest BCUT2D eigenvalue weighted by Gasteiger charge is -2.14. The highest BCUT2D eigenvalue weighted by atomic mass is 16.1. The summed E-state index contributed by atoms with van der Waals surface area (Å²) in [4.78, 5) is 11.5. The van der Waals surface area contributed by atoms with Crippen LogP contribution in [0.2, 0.25) is 0 Å². The summed E-state index contributed by atoms with van der Waals surface area (Å²) in [6.45, 7) is 6.25. The van der Waals surface area contributed by atoms with Gasteiger partial charge in [-0.25, -0.2) is 0 Å². The number of carbonyl (C=O) groups excluding carboxylic acids is 1. The van der Waals surface area contributed by atoms with Crippen LogP contribution in [0.5, 0.6) is 0 Å². The van der Waals surface area contributed by atoms with Crippen LogP contribution < -0.4 is 5.32 Å². The number of H-pyrrole nitrogens is 1. The van der Waals surface area contributed by atoms with Crippen molar-refractivity contribution in [3.05, 3.63) is 5.82 Å². The number of rotatable bonds is 4. The number of hydrogen-bond donors (Lipinski definition) is 2. The summed E-state index contributed by atoms with van der Waals surface area (Å²) in [5, 5.41) is 15.9. The van der Waals surface area contributed by atoms with Crippen molar-refractivity contribution in [1.82, 2.24) is 25.9 Å². The molecule has 0 radical (unpaired) electrons. The van der Waals surface area contributed by atoms with Crippen LogP contribution in [0, 0.1) is 11.8 Å². The Labute approximate surface area is 82.5 Å². The summed E-state index contributed by atoms with van der Waals surface area (Å²) >= 11 is 0. The topological polar surface area (TPSA) is 83.6 Å². The van der Waals surface area contributed by atoms with Crippen LogP contribution in [0.1, 0.15) is 26.6 Å². The van der Waals surface area contributed by atoms with Crippen molar-refractivity contribution in [3.63, 3.8) is 0 Å². The quantitative estimate of drug-likeness (QED) is 0.717. The van der Waals surface area contributed by atoms with Crippen LogP contribution in [0.15, 0.2) is 0 Å². The molecule has 1 unspecified atom stereocenters. The van der Waals surface area contributed by atoms with E-state index in [1.807, 2.05) is 20.8 Å². The van der Waals surface area contributed by atoms with E-state index in [1.54, 1.807) is 0 Å². The summed E-state index contributed by atoms with van der Waals surface area (Å²) in [5.41, 5.74) is 0. The van der Waals surface area contributed by atoms with E-state index < -0.39 is 0 Å². The van der Waals surface area contributed by atoms with Gasteiger partial charge in [-0.2, -0.15) is 5.21 Å². The van der Waals surface area contributed by atoms with Gasteiger partial charge in [-0.05, 0) is 5.92 Å². The zero-order chi connectivity index (χ0) is 10.6. The van der Waals surface area contributed by atoms with E-state index in [-0.39, 0.29) is 11.8 Å². The van der Waals surface area contributed by atoms with Crippen molar-refractivity contribution >= 4 is 5.91 Å². The Kier molecular flexibility index (Phi) is 3.55. The lowest BCUT2D eigenvalue weighted by molar-refractivity contribution is -0.125. The van der Waals surface area contributed by atoms with E-state index in [0.717, 1.165) is 0 Å².